The van der Waals surface area contributed by atoms with Gasteiger partial charge >= 0.3 is 0 Å². The van der Waals surface area contributed by atoms with Crippen molar-refractivity contribution in [2.75, 3.05) is 6.54 Å². The first-order chi connectivity index (χ1) is 10.2. The monoisotopic (exact) mass is 297 g/mol. The van der Waals surface area contributed by atoms with E-state index >= 15 is 0 Å². The lowest BCUT2D eigenvalue weighted by molar-refractivity contribution is 0.0220. The summed E-state index contributed by atoms with van der Waals surface area (Å²) in [7, 11) is 0. The third-order valence-electron chi connectivity index (χ3n) is 5.07. The molecule has 0 heterocycles. The van der Waals surface area contributed by atoms with Crippen molar-refractivity contribution in [3.63, 3.8) is 0 Å². The van der Waals surface area contributed by atoms with Crippen molar-refractivity contribution in [2.45, 2.75) is 115 Å². The maximum atomic E-state index is 10.8. The lowest BCUT2D eigenvalue weighted by Gasteiger charge is -2.30. The molecule has 0 bridgehead atoms. The second-order valence-corrected chi connectivity index (χ2v) is 7.21. The summed E-state index contributed by atoms with van der Waals surface area (Å²) in [6.45, 7) is 5.36. The van der Waals surface area contributed by atoms with Gasteiger partial charge in [-0.1, -0.05) is 78.1 Å². The zero-order valence-electron chi connectivity index (χ0n) is 14.6. The fraction of sp³-hybridized carbons (Fsp3) is 1.00. The molecule has 0 radical (unpaired) electrons. The van der Waals surface area contributed by atoms with Gasteiger partial charge in [0.1, 0.15) is 0 Å². The van der Waals surface area contributed by atoms with Crippen LogP contribution in [-0.4, -0.2) is 23.3 Å². The maximum Gasteiger partial charge on any atom is 0.0771 e. The molecule has 0 aliphatic heterocycles. The fourth-order valence-corrected chi connectivity index (χ4v) is 3.53. The molecule has 0 aromatic heterocycles. The molecule has 0 spiro atoms. The lowest BCUT2D eigenvalue weighted by atomic mass is 9.93. The third kappa shape index (κ3) is 8.83. The molecular weight excluding hydrogens is 258 g/mol. The highest BCUT2D eigenvalue weighted by molar-refractivity contribution is 4.84. The number of aliphatic hydroxyl groups is 1. The third-order valence-corrected chi connectivity index (χ3v) is 5.07. The Labute approximate surface area is 133 Å². The Morgan fingerprint density at radius 2 is 1.38 bits per heavy atom. The molecule has 0 aromatic carbocycles. The van der Waals surface area contributed by atoms with Crippen molar-refractivity contribution < 1.29 is 5.11 Å². The van der Waals surface area contributed by atoms with Crippen molar-refractivity contribution in [2.24, 2.45) is 0 Å². The molecule has 1 rings (SSSR count). The van der Waals surface area contributed by atoms with Crippen LogP contribution >= 0.6 is 0 Å². The van der Waals surface area contributed by atoms with Crippen LogP contribution in [0.15, 0.2) is 0 Å². The highest BCUT2D eigenvalue weighted by atomic mass is 16.3. The summed E-state index contributed by atoms with van der Waals surface area (Å²) in [5.74, 6) is 0. The number of nitrogens with one attached hydrogen (secondary N) is 1. The molecule has 1 aliphatic carbocycles. The molecule has 2 N–H and O–H groups in total. The summed E-state index contributed by atoms with van der Waals surface area (Å²) < 4.78 is 0. The van der Waals surface area contributed by atoms with Gasteiger partial charge in [-0.3, -0.25) is 0 Å². The number of hydrogen-bond acceptors (Lipinski definition) is 2. The standard InChI is InChI=1S/C19H39NO/c1-3-5-9-13-18(14-10-6-4-2)20-17-19(21)15-11-7-8-12-16-19/h18,20-21H,3-17H2,1-2H3. The Hall–Kier alpha value is -0.0800. The first-order valence-electron chi connectivity index (χ1n) is 9.66. The summed E-state index contributed by atoms with van der Waals surface area (Å²) in [5, 5.41) is 14.5. The van der Waals surface area contributed by atoms with Crippen molar-refractivity contribution in [3.8, 4) is 0 Å². The zero-order valence-corrected chi connectivity index (χ0v) is 14.6. The Morgan fingerprint density at radius 1 is 0.857 bits per heavy atom. The maximum absolute atomic E-state index is 10.8. The highest BCUT2D eigenvalue weighted by Crippen LogP contribution is 2.26. The first-order valence-corrected chi connectivity index (χ1v) is 9.66. The van der Waals surface area contributed by atoms with Crippen molar-refractivity contribution in [3.05, 3.63) is 0 Å². The molecule has 2 nitrogen and oxygen atoms in total. The van der Waals surface area contributed by atoms with Gasteiger partial charge in [-0.2, -0.15) is 0 Å². The quantitative estimate of drug-likeness (QED) is 0.406. The topological polar surface area (TPSA) is 32.3 Å². The van der Waals surface area contributed by atoms with Crippen LogP contribution in [0.25, 0.3) is 0 Å². The molecule has 0 atom stereocenters. The van der Waals surface area contributed by atoms with E-state index in [1.165, 1.54) is 77.0 Å². The summed E-state index contributed by atoms with van der Waals surface area (Å²) in [4.78, 5) is 0. The average Bonchev–Trinajstić information content (AvgIpc) is 2.70. The smallest absolute Gasteiger partial charge is 0.0771 e. The normalized spacial score (nSPS) is 18.9. The Kier molecular flexibility index (Phi) is 10.4. The van der Waals surface area contributed by atoms with Crippen LogP contribution in [0.2, 0.25) is 0 Å². The van der Waals surface area contributed by atoms with Gasteiger partial charge < -0.3 is 10.4 Å². The fourth-order valence-electron chi connectivity index (χ4n) is 3.53. The first kappa shape index (κ1) is 19.0. The van der Waals surface area contributed by atoms with Crippen LogP contribution < -0.4 is 5.32 Å². The van der Waals surface area contributed by atoms with Gasteiger partial charge in [0.05, 0.1) is 5.60 Å². The molecule has 1 saturated carbocycles. The molecule has 2 heteroatoms. The minimum Gasteiger partial charge on any atom is -0.389 e. The second kappa shape index (κ2) is 11.5. The number of rotatable bonds is 11. The van der Waals surface area contributed by atoms with E-state index < -0.39 is 5.60 Å². The van der Waals surface area contributed by atoms with E-state index in [1.54, 1.807) is 0 Å². The average molecular weight is 298 g/mol. The highest BCUT2D eigenvalue weighted by Gasteiger charge is 2.28. The van der Waals surface area contributed by atoms with Gasteiger partial charge in [0.15, 0.2) is 0 Å². The molecule has 126 valence electrons. The van der Waals surface area contributed by atoms with E-state index in [0.29, 0.717) is 6.04 Å². The van der Waals surface area contributed by atoms with Gasteiger partial charge in [0, 0.05) is 12.6 Å². The van der Waals surface area contributed by atoms with Crippen molar-refractivity contribution >= 4 is 0 Å². The Bertz CT molecular complexity index is 224. The van der Waals surface area contributed by atoms with Gasteiger partial charge in [-0.25, -0.2) is 0 Å². The minimum absolute atomic E-state index is 0.426. The van der Waals surface area contributed by atoms with E-state index in [9.17, 15) is 5.11 Å². The molecule has 21 heavy (non-hydrogen) atoms. The summed E-state index contributed by atoms with van der Waals surface area (Å²) in [6, 6.07) is 0.621. The van der Waals surface area contributed by atoms with Crippen molar-refractivity contribution in [1.29, 1.82) is 0 Å². The van der Waals surface area contributed by atoms with Crippen LogP contribution in [0.1, 0.15) is 104 Å². The van der Waals surface area contributed by atoms with Gasteiger partial charge in [-0.15, -0.1) is 0 Å². The van der Waals surface area contributed by atoms with E-state index in [2.05, 4.69) is 19.2 Å². The van der Waals surface area contributed by atoms with Gasteiger partial charge in [0.25, 0.3) is 0 Å². The van der Waals surface area contributed by atoms with Crippen LogP contribution in [0.4, 0.5) is 0 Å². The van der Waals surface area contributed by atoms with E-state index in [1.807, 2.05) is 0 Å². The van der Waals surface area contributed by atoms with E-state index in [-0.39, 0.29) is 0 Å². The Balaban J connectivity index is 2.34. The zero-order chi connectivity index (χ0) is 15.4. The predicted octanol–water partition coefficient (Wildman–Crippen LogP) is 5.19. The molecule has 0 unspecified atom stereocenters. The van der Waals surface area contributed by atoms with Crippen molar-refractivity contribution in [1.82, 2.24) is 5.32 Å². The summed E-state index contributed by atoms with van der Waals surface area (Å²) >= 11 is 0. The van der Waals surface area contributed by atoms with Crippen LogP contribution in [-0.2, 0) is 0 Å². The van der Waals surface area contributed by atoms with Crippen LogP contribution in [0.3, 0.4) is 0 Å². The SMILES string of the molecule is CCCCCC(CCCCC)NCC1(O)CCCCCC1. The molecule has 0 amide bonds. The Morgan fingerprint density at radius 3 is 1.86 bits per heavy atom. The predicted molar refractivity (Wildman–Crippen MR) is 92.7 cm³/mol. The molecule has 0 saturated heterocycles. The minimum atomic E-state index is -0.426. The molecule has 1 aliphatic rings. The number of unbranched alkanes of at least 4 members (excludes halogenated alkanes) is 4. The molecular formula is C19H39NO. The van der Waals surface area contributed by atoms with Gasteiger partial charge in [-0.05, 0) is 25.7 Å². The summed E-state index contributed by atoms with van der Waals surface area (Å²) in [6.07, 6.45) is 17.5. The summed E-state index contributed by atoms with van der Waals surface area (Å²) in [5.41, 5.74) is -0.426. The van der Waals surface area contributed by atoms with E-state index in [4.69, 9.17) is 0 Å². The lowest BCUT2D eigenvalue weighted by Crippen LogP contribution is -2.44. The molecule has 0 aromatic rings. The second-order valence-electron chi connectivity index (χ2n) is 7.21. The largest absolute Gasteiger partial charge is 0.389 e. The molecule has 1 fully saturated rings. The number of hydrogen-bond donors (Lipinski definition) is 2. The van der Waals surface area contributed by atoms with E-state index in [0.717, 1.165) is 19.4 Å². The van der Waals surface area contributed by atoms with Crippen LogP contribution in [0, 0.1) is 0 Å². The van der Waals surface area contributed by atoms with Gasteiger partial charge in [0.2, 0.25) is 0 Å². The van der Waals surface area contributed by atoms with Crippen LogP contribution in [0.5, 0.6) is 0 Å².